The summed E-state index contributed by atoms with van der Waals surface area (Å²) in [6.45, 7) is 20.8. The van der Waals surface area contributed by atoms with Gasteiger partial charge in [-0.15, -0.1) is 0 Å². The van der Waals surface area contributed by atoms with Gasteiger partial charge in [0.25, 0.3) is 0 Å². The van der Waals surface area contributed by atoms with Crippen LogP contribution in [0, 0.1) is 21.7 Å². The molecule has 2 heteroatoms. The minimum Gasteiger partial charge on any atom is -0.381 e. The van der Waals surface area contributed by atoms with Crippen LogP contribution in [0.4, 0.5) is 0 Å². The zero-order valence-corrected chi connectivity index (χ0v) is 24.4. The third kappa shape index (κ3) is 16.0. The van der Waals surface area contributed by atoms with Gasteiger partial charge in [0.15, 0.2) is 0 Å². The van der Waals surface area contributed by atoms with Gasteiger partial charge in [0.1, 0.15) is 0 Å². The van der Waals surface area contributed by atoms with Crippen molar-refractivity contribution >= 4 is 11.8 Å². The van der Waals surface area contributed by atoms with E-state index in [1.165, 1.54) is 101 Å². The minimum absolute atomic E-state index is 0.554. The average molecular weight is 469 g/mol. The lowest BCUT2D eigenvalue weighted by Gasteiger charge is -2.28. The van der Waals surface area contributed by atoms with E-state index in [0.29, 0.717) is 21.7 Å². The zero-order valence-electron chi connectivity index (χ0n) is 23.5. The van der Waals surface area contributed by atoms with Crippen LogP contribution < -0.4 is 0 Å². The number of thioether (sulfide) groups is 1. The molecule has 0 radical (unpaired) electrons. The predicted octanol–water partition coefficient (Wildman–Crippen LogP) is 10.3. The van der Waals surface area contributed by atoms with E-state index in [1.807, 2.05) is 0 Å². The molecule has 0 spiro atoms. The minimum atomic E-state index is 0.554. The van der Waals surface area contributed by atoms with Crippen LogP contribution in [0.1, 0.15) is 145 Å². The third-order valence-corrected chi connectivity index (χ3v) is 9.09. The van der Waals surface area contributed by atoms with Gasteiger partial charge in [-0.05, 0) is 84.5 Å². The van der Waals surface area contributed by atoms with Crippen LogP contribution in [0.15, 0.2) is 0 Å². The van der Waals surface area contributed by atoms with Gasteiger partial charge < -0.3 is 4.74 Å². The van der Waals surface area contributed by atoms with Crippen molar-refractivity contribution in [1.29, 1.82) is 0 Å². The molecule has 0 aromatic carbocycles. The molecule has 0 unspecified atom stereocenters. The molecule has 32 heavy (non-hydrogen) atoms. The first-order chi connectivity index (χ1) is 14.8. The number of ether oxygens (including phenoxy) is 1. The van der Waals surface area contributed by atoms with Crippen molar-refractivity contribution in [2.24, 2.45) is 21.7 Å². The largest absolute Gasteiger partial charge is 0.381 e. The Kier molecular flexibility index (Phi) is 13.9. The SMILES string of the molecule is CC1(C)CCCCC1.CC1(C)CCCCC1.CC1(C)CCOCC1.CC1(C)CCSCC1. The Balaban J connectivity index is 0.000000213. The molecule has 0 aromatic rings. The highest BCUT2D eigenvalue weighted by atomic mass is 32.2. The zero-order chi connectivity index (χ0) is 24.1. The van der Waals surface area contributed by atoms with Gasteiger partial charge in [0.2, 0.25) is 0 Å². The molecule has 192 valence electrons. The van der Waals surface area contributed by atoms with Crippen LogP contribution in [0.25, 0.3) is 0 Å². The fourth-order valence-electron chi connectivity index (χ4n) is 4.87. The molecule has 4 rings (SSSR count). The summed E-state index contributed by atoms with van der Waals surface area (Å²) in [5.74, 6) is 2.76. The molecule has 0 bridgehead atoms. The number of rotatable bonds is 0. The Bertz CT molecular complexity index is 357. The maximum absolute atomic E-state index is 5.21. The van der Waals surface area contributed by atoms with Crippen LogP contribution in [0.3, 0.4) is 0 Å². The molecular formula is C30H60OS. The fraction of sp³-hybridized carbons (Fsp3) is 1.00. The highest BCUT2D eigenvalue weighted by molar-refractivity contribution is 7.99. The van der Waals surface area contributed by atoms with Crippen molar-refractivity contribution in [3.8, 4) is 0 Å². The monoisotopic (exact) mass is 468 g/mol. The van der Waals surface area contributed by atoms with Gasteiger partial charge in [-0.3, -0.25) is 0 Å². The second-order valence-electron chi connectivity index (χ2n) is 14.0. The van der Waals surface area contributed by atoms with E-state index in [9.17, 15) is 0 Å². The van der Waals surface area contributed by atoms with Crippen LogP contribution in [-0.2, 0) is 4.74 Å². The fourth-order valence-corrected chi connectivity index (χ4v) is 6.46. The standard InChI is InChI=1S/2C8H16.C7H14O.C7H14S/c2*1-8(2)6-4-3-5-7-8;2*1-7(2)3-5-8-6-4-7/h2*3-7H2,1-2H3;2*3-6H2,1-2H3. The topological polar surface area (TPSA) is 9.23 Å². The van der Waals surface area contributed by atoms with Gasteiger partial charge in [0.05, 0.1) is 0 Å². The molecule has 2 saturated carbocycles. The van der Waals surface area contributed by atoms with Crippen molar-refractivity contribution < 1.29 is 4.74 Å². The second kappa shape index (κ2) is 14.7. The van der Waals surface area contributed by atoms with Gasteiger partial charge in [-0.25, -0.2) is 0 Å². The van der Waals surface area contributed by atoms with Gasteiger partial charge in [-0.1, -0.05) is 93.9 Å². The van der Waals surface area contributed by atoms with Crippen molar-refractivity contribution in [3.63, 3.8) is 0 Å². The van der Waals surface area contributed by atoms with Crippen LogP contribution in [0.2, 0.25) is 0 Å². The molecule has 1 nitrogen and oxygen atoms in total. The molecule has 2 aliphatic carbocycles. The molecule has 0 amide bonds. The summed E-state index contributed by atoms with van der Waals surface area (Å²) in [4.78, 5) is 0. The molecule has 0 aromatic heterocycles. The van der Waals surface area contributed by atoms with E-state index in [4.69, 9.17) is 4.74 Å². The summed E-state index contributed by atoms with van der Waals surface area (Å²) in [6, 6.07) is 0. The van der Waals surface area contributed by atoms with Crippen molar-refractivity contribution in [3.05, 3.63) is 0 Å². The molecule has 4 aliphatic rings. The third-order valence-electron chi connectivity index (χ3n) is 8.11. The second-order valence-corrected chi connectivity index (χ2v) is 15.2. The van der Waals surface area contributed by atoms with E-state index in [-0.39, 0.29) is 0 Å². The van der Waals surface area contributed by atoms with E-state index in [0.717, 1.165) is 13.2 Å². The molecule has 4 fully saturated rings. The van der Waals surface area contributed by atoms with Crippen molar-refractivity contribution in [1.82, 2.24) is 0 Å². The average Bonchev–Trinajstić information content (AvgIpc) is 2.69. The maximum Gasteiger partial charge on any atom is 0.0471 e. The Labute approximate surface area is 208 Å². The number of hydrogen-bond acceptors (Lipinski definition) is 2. The molecule has 0 atom stereocenters. The first-order valence-electron chi connectivity index (χ1n) is 14.0. The lowest BCUT2D eigenvalue weighted by molar-refractivity contribution is 0.0327. The lowest BCUT2D eigenvalue weighted by atomic mass is 9.78. The van der Waals surface area contributed by atoms with E-state index >= 15 is 0 Å². The number of hydrogen-bond donors (Lipinski definition) is 0. The van der Waals surface area contributed by atoms with E-state index in [1.54, 1.807) is 0 Å². The Morgan fingerprint density at radius 3 is 0.906 bits per heavy atom. The van der Waals surface area contributed by atoms with Crippen LogP contribution in [-0.4, -0.2) is 24.7 Å². The summed E-state index contributed by atoms with van der Waals surface area (Å²) >= 11 is 2.10. The van der Waals surface area contributed by atoms with E-state index in [2.05, 4.69) is 67.2 Å². The summed E-state index contributed by atoms with van der Waals surface area (Å²) in [7, 11) is 0. The summed E-state index contributed by atoms with van der Waals surface area (Å²) < 4.78 is 5.21. The molecule has 2 saturated heterocycles. The molecule has 2 heterocycles. The first-order valence-corrected chi connectivity index (χ1v) is 15.1. The Hall–Kier alpha value is 0.310. The van der Waals surface area contributed by atoms with Crippen LogP contribution >= 0.6 is 11.8 Å². The highest BCUT2D eigenvalue weighted by Crippen LogP contribution is 2.35. The highest BCUT2D eigenvalue weighted by Gasteiger charge is 2.22. The molecule has 2 aliphatic heterocycles. The van der Waals surface area contributed by atoms with Crippen LogP contribution in [0.5, 0.6) is 0 Å². The van der Waals surface area contributed by atoms with Crippen molar-refractivity contribution in [2.45, 2.75) is 145 Å². The molecular weight excluding hydrogens is 408 g/mol. The first kappa shape index (κ1) is 30.3. The van der Waals surface area contributed by atoms with Gasteiger partial charge in [-0.2, -0.15) is 11.8 Å². The smallest absolute Gasteiger partial charge is 0.0471 e. The Morgan fingerprint density at radius 1 is 0.406 bits per heavy atom. The predicted molar refractivity (Wildman–Crippen MR) is 148 cm³/mol. The molecule has 0 N–H and O–H groups in total. The van der Waals surface area contributed by atoms with Gasteiger partial charge >= 0.3 is 0 Å². The van der Waals surface area contributed by atoms with E-state index < -0.39 is 0 Å². The quantitative estimate of drug-likeness (QED) is 0.349. The normalized spacial score (nSPS) is 27.8. The summed E-state index contributed by atoms with van der Waals surface area (Å²) in [5.41, 5.74) is 2.57. The van der Waals surface area contributed by atoms with Gasteiger partial charge in [0, 0.05) is 13.2 Å². The maximum atomic E-state index is 5.21. The summed E-state index contributed by atoms with van der Waals surface area (Å²) in [6.07, 6.45) is 19.9. The Morgan fingerprint density at radius 2 is 0.719 bits per heavy atom. The lowest BCUT2D eigenvalue weighted by Crippen LogP contribution is -2.22. The van der Waals surface area contributed by atoms with Crippen molar-refractivity contribution in [2.75, 3.05) is 24.7 Å². The summed E-state index contributed by atoms with van der Waals surface area (Å²) in [5, 5.41) is 0.